The molecule has 0 N–H and O–H groups in total. The first-order valence-electron chi connectivity index (χ1n) is 12.7. The van der Waals surface area contributed by atoms with Crippen molar-refractivity contribution in [3.63, 3.8) is 0 Å². The third-order valence-electron chi connectivity index (χ3n) is 7.58. The van der Waals surface area contributed by atoms with Crippen molar-refractivity contribution >= 4 is 78.2 Å². The number of rotatable bonds is 4. The van der Waals surface area contributed by atoms with Crippen LogP contribution in [0.3, 0.4) is 0 Å². The van der Waals surface area contributed by atoms with Gasteiger partial charge in [-0.15, -0.1) is 45.3 Å². The van der Waals surface area contributed by atoms with Crippen LogP contribution in [0, 0.1) is 0 Å². The van der Waals surface area contributed by atoms with Crippen LogP contribution in [0.5, 0.6) is 0 Å². The Labute approximate surface area is 240 Å². The summed E-state index contributed by atoms with van der Waals surface area (Å²) in [7, 11) is 0. The number of pyridine rings is 2. The zero-order chi connectivity index (χ0) is 25.5. The van der Waals surface area contributed by atoms with E-state index in [1.165, 1.54) is 74.9 Å². The maximum absolute atomic E-state index is 2.54. The average Bonchev–Trinajstić information content (AvgIpc) is 3.80. The van der Waals surface area contributed by atoms with E-state index in [4.69, 9.17) is 0 Å². The fraction of sp³-hybridized carbons (Fsp3) is 0. The van der Waals surface area contributed by atoms with Gasteiger partial charge in [-0.25, -0.2) is 0 Å². The normalized spacial score (nSPS) is 12.1. The lowest BCUT2D eigenvalue weighted by Crippen LogP contribution is -2.25. The lowest BCUT2D eigenvalue weighted by molar-refractivity contribution is -0.466. The third kappa shape index (κ3) is 2.97. The molecule has 7 heterocycles. The Morgan fingerprint density at radius 3 is 1.77 bits per heavy atom. The number of nitrogens with zero attached hydrogens (tertiary/aromatic N) is 2. The van der Waals surface area contributed by atoms with E-state index >= 15 is 0 Å². The maximum Gasteiger partial charge on any atom is 0.301 e. The smallest absolute Gasteiger partial charge is 0.185 e. The van der Waals surface area contributed by atoms with Crippen LogP contribution in [0.25, 0.3) is 74.9 Å². The molecule has 0 fully saturated rings. The third-order valence-corrected chi connectivity index (χ3v) is 11.1. The summed E-state index contributed by atoms with van der Waals surface area (Å²) in [6.07, 6.45) is 0. The number of imidazole rings is 1. The Balaban J connectivity index is 1.67. The van der Waals surface area contributed by atoms with Gasteiger partial charge in [0.15, 0.2) is 22.4 Å². The molecular weight excluding hydrogens is 553 g/mol. The largest absolute Gasteiger partial charge is 0.301 e. The van der Waals surface area contributed by atoms with Crippen molar-refractivity contribution in [3.05, 3.63) is 113 Å². The van der Waals surface area contributed by atoms with Crippen LogP contribution in [0.2, 0.25) is 0 Å². The number of para-hydroxylation sites is 2. The van der Waals surface area contributed by atoms with Gasteiger partial charge in [0, 0.05) is 31.7 Å². The molecule has 0 bridgehead atoms. The number of fused-ring (bicyclic) bond motifs is 3. The first kappa shape index (κ1) is 22.1. The molecule has 0 atom stereocenters. The fourth-order valence-electron chi connectivity index (χ4n) is 6.17. The molecule has 39 heavy (non-hydrogen) atoms. The minimum absolute atomic E-state index is 1.23. The first-order chi connectivity index (χ1) is 19.4. The van der Waals surface area contributed by atoms with Crippen molar-refractivity contribution in [2.45, 2.75) is 0 Å². The Morgan fingerprint density at radius 2 is 1.10 bits per heavy atom. The highest BCUT2D eigenvalue weighted by atomic mass is 32.1. The van der Waals surface area contributed by atoms with Crippen molar-refractivity contribution in [3.8, 4) is 42.0 Å². The summed E-state index contributed by atoms with van der Waals surface area (Å²) >= 11 is 7.27. The molecule has 2 nitrogen and oxygen atoms in total. The average molecular weight is 572 g/mol. The van der Waals surface area contributed by atoms with Crippen molar-refractivity contribution < 1.29 is 4.40 Å². The maximum atomic E-state index is 2.54. The molecule has 9 rings (SSSR count). The molecule has 0 aliphatic heterocycles. The quantitative estimate of drug-likeness (QED) is 0.186. The van der Waals surface area contributed by atoms with Gasteiger partial charge in [0.05, 0.1) is 15.1 Å². The number of thiophene rings is 4. The van der Waals surface area contributed by atoms with Gasteiger partial charge in [-0.2, -0.15) is 8.80 Å². The number of hydrogen-bond acceptors (Lipinski definition) is 4. The van der Waals surface area contributed by atoms with Gasteiger partial charge in [0.1, 0.15) is 0 Å². The van der Waals surface area contributed by atoms with Gasteiger partial charge in [-0.05, 0) is 57.9 Å². The van der Waals surface area contributed by atoms with Crippen molar-refractivity contribution in [1.29, 1.82) is 0 Å². The lowest BCUT2D eigenvalue weighted by atomic mass is 9.94. The molecule has 7 aromatic heterocycles. The molecule has 0 saturated heterocycles. The molecule has 184 valence electrons. The zero-order valence-corrected chi connectivity index (χ0v) is 23.8. The highest BCUT2D eigenvalue weighted by Crippen LogP contribution is 2.49. The number of aromatic nitrogens is 2. The van der Waals surface area contributed by atoms with Crippen LogP contribution >= 0.6 is 45.3 Å². The summed E-state index contributed by atoms with van der Waals surface area (Å²) in [6, 6.07) is 33.6. The van der Waals surface area contributed by atoms with E-state index < -0.39 is 0 Å². The lowest BCUT2D eigenvalue weighted by Gasteiger charge is -2.16. The van der Waals surface area contributed by atoms with E-state index in [0.29, 0.717) is 0 Å². The minimum Gasteiger partial charge on any atom is -0.185 e. The van der Waals surface area contributed by atoms with Crippen LogP contribution in [0.4, 0.5) is 0 Å². The number of benzene rings is 2. The minimum atomic E-state index is 1.23. The standard InChI is InChI=1S/C33H19N2S4/c1-2-11-23-22(10-1)34-31(26-14-6-18-38-26)29(24-12-4-16-36-24)20-8-3-9-21-28(20)33(34)35(23)32(27-15-7-19-39-27)30(21)25-13-5-17-37-25/h1-19H/q+1. The van der Waals surface area contributed by atoms with Gasteiger partial charge < -0.3 is 0 Å². The van der Waals surface area contributed by atoms with Crippen LogP contribution in [0.15, 0.2) is 113 Å². The summed E-state index contributed by atoms with van der Waals surface area (Å²) in [4.78, 5) is 5.16. The Bertz CT molecular complexity index is 2090. The summed E-state index contributed by atoms with van der Waals surface area (Å²) in [5.41, 5.74) is 8.87. The summed E-state index contributed by atoms with van der Waals surface area (Å²) in [5, 5.41) is 12.7. The summed E-state index contributed by atoms with van der Waals surface area (Å²) < 4.78 is 5.09. The Kier molecular flexibility index (Phi) is 4.72. The van der Waals surface area contributed by atoms with Gasteiger partial charge in [0.2, 0.25) is 0 Å². The fourth-order valence-corrected chi connectivity index (χ4v) is 9.27. The van der Waals surface area contributed by atoms with E-state index in [1.54, 1.807) is 0 Å². The summed E-state index contributed by atoms with van der Waals surface area (Å²) in [5.74, 6) is 0. The van der Waals surface area contributed by atoms with E-state index in [2.05, 4.69) is 121 Å². The molecular formula is C33H19N2S4+. The van der Waals surface area contributed by atoms with E-state index in [9.17, 15) is 0 Å². The van der Waals surface area contributed by atoms with Crippen molar-refractivity contribution in [2.75, 3.05) is 0 Å². The molecule has 0 unspecified atom stereocenters. The molecule has 0 amide bonds. The SMILES string of the molecule is c1csc(-c2c(-c3cccs3)n3c4ccccc4[n+]4c(-c5cccs5)c(-c5cccs5)c5cccc2c5c34)c1. The van der Waals surface area contributed by atoms with Crippen molar-refractivity contribution in [1.82, 2.24) is 4.40 Å². The molecule has 2 aromatic carbocycles. The highest BCUT2D eigenvalue weighted by Gasteiger charge is 2.35. The second-order valence-corrected chi connectivity index (χ2v) is 13.4. The van der Waals surface area contributed by atoms with Crippen LogP contribution < -0.4 is 4.40 Å². The van der Waals surface area contributed by atoms with Crippen LogP contribution in [-0.4, -0.2) is 4.40 Å². The molecule has 0 spiro atoms. The molecule has 0 radical (unpaired) electrons. The predicted octanol–water partition coefficient (Wildman–Crippen LogP) is 10.3. The second kappa shape index (κ2) is 8.34. The summed E-state index contributed by atoms with van der Waals surface area (Å²) in [6.45, 7) is 0. The molecule has 0 aliphatic carbocycles. The van der Waals surface area contributed by atoms with Gasteiger partial charge in [-0.3, -0.25) is 0 Å². The molecule has 0 saturated carbocycles. The van der Waals surface area contributed by atoms with Crippen LogP contribution in [0.1, 0.15) is 0 Å². The molecule has 6 heteroatoms. The molecule has 0 aliphatic rings. The van der Waals surface area contributed by atoms with Gasteiger partial charge >= 0.3 is 5.65 Å². The Morgan fingerprint density at radius 1 is 0.513 bits per heavy atom. The highest BCUT2D eigenvalue weighted by molar-refractivity contribution is 7.15. The van der Waals surface area contributed by atoms with Gasteiger partial charge in [-0.1, -0.05) is 54.6 Å². The van der Waals surface area contributed by atoms with E-state index in [-0.39, 0.29) is 0 Å². The van der Waals surface area contributed by atoms with Crippen molar-refractivity contribution in [2.24, 2.45) is 0 Å². The first-order valence-corrected chi connectivity index (χ1v) is 16.3. The molecule has 9 aromatic rings. The monoisotopic (exact) mass is 571 g/mol. The van der Waals surface area contributed by atoms with E-state index in [1.807, 2.05) is 45.3 Å². The topological polar surface area (TPSA) is 8.51 Å². The Hall–Kier alpha value is -3.81. The van der Waals surface area contributed by atoms with Crippen LogP contribution in [-0.2, 0) is 0 Å². The second-order valence-electron chi connectivity index (χ2n) is 9.57. The van der Waals surface area contributed by atoms with E-state index in [0.717, 1.165) is 0 Å². The zero-order valence-electron chi connectivity index (χ0n) is 20.5. The van der Waals surface area contributed by atoms with Gasteiger partial charge in [0.25, 0.3) is 0 Å². The number of hydrogen-bond donors (Lipinski definition) is 0. The predicted molar refractivity (Wildman–Crippen MR) is 170 cm³/mol.